The van der Waals surface area contributed by atoms with Crippen molar-refractivity contribution in [1.82, 2.24) is 0 Å². The Balaban J connectivity index is 1.74. The summed E-state index contributed by atoms with van der Waals surface area (Å²) >= 11 is 0. The van der Waals surface area contributed by atoms with Crippen LogP contribution in [0.1, 0.15) is 32.8 Å². The molecule has 3 aromatic rings. The number of hydrogen-bond acceptors (Lipinski definition) is 3. The summed E-state index contributed by atoms with van der Waals surface area (Å²) in [7, 11) is -2.58. The van der Waals surface area contributed by atoms with Crippen molar-refractivity contribution in [3.05, 3.63) is 96.6 Å². The van der Waals surface area contributed by atoms with Gasteiger partial charge in [-0.2, -0.15) is 0 Å². The first kappa shape index (κ1) is 24.4. The van der Waals surface area contributed by atoms with Crippen molar-refractivity contribution in [2.24, 2.45) is 5.92 Å². The van der Waals surface area contributed by atoms with Crippen LogP contribution in [0.15, 0.2) is 91.0 Å². The second kappa shape index (κ2) is 11.6. The van der Waals surface area contributed by atoms with Gasteiger partial charge < -0.3 is 14.3 Å². The Labute approximate surface area is 194 Å². The van der Waals surface area contributed by atoms with Crippen LogP contribution in [0.5, 0.6) is 0 Å². The molecule has 0 fully saturated rings. The van der Waals surface area contributed by atoms with Gasteiger partial charge in [0.1, 0.15) is 0 Å². The third kappa shape index (κ3) is 5.96. The molecule has 0 spiro atoms. The van der Waals surface area contributed by atoms with Crippen LogP contribution in [0.3, 0.4) is 0 Å². The Morgan fingerprint density at radius 1 is 0.781 bits per heavy atom. The van der Waals surface area contributed by atoms with Crippen LogP contribution >= 0.6 is 0 Å². The van der Waals surface area contributed by atoms with Gasteiger partial charge in [-0.05, 0) is 27.4 Å². The first-order valence-electron chi connectivity index (χ1n) is 11.4. The zero-order valence-electron chi connectivity index (χ0n) is 19.5. The minimum Gasteiger partial charge on any atom is -0.407 e. The van der Waals surface area contributed by atoms with E-state index in [1.54, 1.807) is 0 Å². The number of aliphatic hydroxyl groups is 1. The van der Waals surface area contributed by atoms with Crippen LogP contribution in [0, 0.1) is 5.92 Å². The van der Waals surface area contributed by atoms with Crippen LogP contribution in [-0.4, -0.2) is 33.2 Å². The van der Waals surface area contributed by atoms with Gasteiger partial charge >= 0.3 is 0 Å². The van der Waals surface area contributed by atoms with E-state index >= 15 is 0 Å². The van der Waals surface area contributed by atoms with E-state index < -0.39 is 8.32 Å². The molecular formula is C28H36O3Si. The normalized spacial score (nSPS) is 13.1. The van der Waals surface area contributed by atoms with E-state index in [2.05, 4.69) is 93.6 Å². The molecule has 3 aromatic carbocycles. The average molecular weight is 449 g/mol. The third-order valence-electron chi connectivity index (χ3n) is 5.99. The standard InChI is InChI=1S/C28H36O3Si/c1-28(2,3)32(26-15-9-5-10-16-26,27-17-11-6-12-18-27)31-23-25(21-29)19-20-30-22-24-13-7-4-8-14-24/h4-18,25,29H,19-23H2,1-3H3. The van der Waals surface area contributed by atoms with Crippen molar-refractivity contribution >= 4 is 18.7 Å². The second-order valence-electron chi connectivity index (χ2n) is 9.35. The molecule has 170 valence electrons. The topological polar surface area (TPSA) is 38.7 Å². The smallest absolute Gasteiger partial charge is 0.261 e. The first-order valence-corrected chi connectivity index (χ1v) is 13.4. The third-order valence-corrected chi connectivity index (χ3v) is 11.0. The predicted octanol–water partition coefficient (Wildman–Crippen LogP) is 4.78. The predicted molar refractivity (Wildman–Crippen MR) is 135 cm³/mol. The quantitative estimate of drug-likeness (QED) is 0.339. The minimum atomic E-state index is -2.58. The van der Waals surface area contributed by atoms with Crippen molar-refractivity contribution in [3.63, 3.8) is 0 Å². The van der Waals surface area contributed by atoms with Crippen LogP contribution in [-0.2, 0) is 15.8 Å². The fourth-order valence-electron chi connectivity index (χ4n) is 4.25. The summed E-state index contributed by atoms with van der Waals surface area (Å²) in [5, 5.41) is 12.5. The lowest BCUT2D eigenvalue weighted by molar-refractivity contribution is 0.0787. The Kier molecular flexibility index (Phi) is 8.82. The van der Waals surface area contributed by atoms with Crippen molar-refractivity contribution in [2.45, 2.75) is 38.8 Å². The lowest BCUT2D eigenvalue weighted by Gasteiger charge is -2.43. The highest BCUT2D eigenvalue weighted by atomic mass is 28.4. The zero-order valence-corrected chi connectivity index (χ0v) is 20.5. The number of hydrogen-bond donors (Lipinski definition) is 1. The highest BCUT2D eigenvalue weighted by Crippen LogP contribution is 2.37. The van der Waals surface area contributed by atoms with Crippen molar-refractivity contribution in [1.29, 1.82) is 0 Å². The van der Waals surface area contributed by atoms with E-state index in [0.29, 0.717) is 19.8 Å². The van der Waals surface area contributed by atoms with Gasteiger partial charge in [0.25, 0.3) is 8.32 Å². The molecule has 0 aromatic heterocycles. The summed E-state index contributed by atoms with van der Waals surface area (Å²) < 4.78 is 12.8. The van der Waals surface area contributed by atoms with Crippen LogP contribution in [0.2, 0.25) is 5.04 Å². The maximum Gasteiger partial charge on any atom is 0.261 e. The molecule has 1 atom stereocenters. The Morgan fingerprint density at radius 3 is 1.75 bits per heavy atom. The molecule has 0 saturated heterocycles. The van der Waals surface area contributed by atoms with Gasteiger partial charge in [-0.1, -0.05) is 112 Å². The maximum atomic E-state index is 10.1. The molecule has 1 N–H and O–H groups in total. The van der Waals surface area contributed by atoms with Crippen LogP contribution in [0.4, 0.5) is 0 Å². The SMILES string of the molecule is CC(C)(C)[Si](OCC(CO)CCOCc1ccccc1)(c1ccccc1)c1ccccc1. The average Bonchev–Trinajstić information content (AvgIpc) is 2.82. The number of benzene rings is 3. The summed E-state index contributed by atoms with van der Waals surface area (Å²) in [6.07, 6.45) is 0.765. The van der Waals surface area contributed by atoms with Crippen molar-refractivity contribution in [2.75, 3.05) is 19.8 Å². The number of aliphatic hydroxyl groups excluding tert-OH is 1. The van der Waals surface area contributed by atoms with Gasteiger partial charge in [-0.3, -0.25) is 0 Å². The minimum absolute atomic E-state index is 0.0347. The Hall–Kier alpha value is -2.24. The number of rotatable bonds is 11. The summed E-state index contributed by atoms with van der Waals surface area (Å²) in [4.78, 5) is 0. The molecule has 0 aliphatic rings. The molecule has 0 radical (unpaired) electrons. The summed E-state index contributed by atoms with van der Waals surface area (Å²) in [6.45, 7) is 8.62. The Morgan fingerprint density at radius 2 is 1.28 bits per heavy atom. The lowest BCUT2D eigenvalue weighted by atomic mass is 10.1. The molecule has 4 heteroatoms. The molecule has 0 aliphatic heterocycles. The molecular weight excluding hydrogens is 412 g/mol. The molecule has 3 nitrogen and oxygen atoms in total. The van der Waals surface area contributed by atoms with Gasteiger partial charge in [0.2, 0.25) is 0 Å². The van der Waals surface area contributed by atoms with Gasteiger partial charge in [0.05, 0.1) is 6.61 Å². The van der Waals surface area contributed by atoms with Gasteiger partial charge in [0, 0.05) is 25.7 Å². The second-order valence-corrected chi connectivity index (χ2v) is 13.7. The molecule has 3 rings (SSSR count). The highest BCUT2D eigenvalue weighted by Gasteiger charge is 2.50. The van der Waals surface area contributed by atoms with Crippen LogP contribution < -0.4 is 10.4 Å². The summed E-state index contributed by atoms with van der Waals surface area (Å²) in [5.41, 5.74) is 1.16. The van der Waals surface area contributed by atoms with E-state index in [1.165, 1.54) is 10.4 Å². The van der Waals surface area contributed by atoms with E-state index in [0.717, 1.165) is 12.0 Å². The summed E-state index contributed by atoms with van der Waals surface area (Å²) in [5.74, 6) is 0.0347. The van der Waals surface area contributed by atoms with Crippen LogP contribution in [0.25, 0.3) is 0 Å². The van der Waals surface area contributed by atoms with E-state index in [1.807, 2.05) is 18.2 Å². The van der Waals surface area contributed by atoms with E-state index in [9.17, 15) is 5.11 Å². The molecule has 0 bridgehead atoms. The first-order chi connectivity index (χ1) is 15.5. The molecule has 0 saturated carbocycles. The monoisotopic (exact) mass is 448 g/mol. The fraction of sp³-hybridized carbons (Fsp3) is 0.357. The van der Waals surface area contributed by atoms with Gasteiger partial charge in [-0.15, -0.1) is 0 Å². The van der Waals surface area contributed by atoms with Gasteiger partial charge in [0.15, 0.2) is 0 Å². The Bertz CT molecular complexity index is 868. The lowest BCUT2D eigenvalue weighted by Crippen LogP contribution is -2.67. The van der Waals surface area contributed by atoms with Gasteiger partial charge in [-0.25, -0.2) is 0 Å². The fourth-order valence-corrected chi connectivity index (χ4v) is 8.89. The largest absolute Gasteiger partial charge is 0.407 e. The maximum absolute atomic E-state index is 10.1. The zero-order chi connectivity index (χ0) is 22.9. The summed E-state index contributed by atoms with van der Waals surface area (Å²) in [6, 6.07) is 31.4. The highest BCUT2D eigenvalue weighted by molar-refractivity contribution is 6.99. The molecule has 0 heterocycles. The van der Waals surface area contributed by atoms with E-state index in [-0.39, 0.29) is 17.6 Å². The van der Waals surface area contributed by atoms with Crippen molar-refractivity contribution in [3.8, 4) is 0 Å². The molecule has 1 unspecified atom stereocenters. The molecule has 0 aliphatic carbocycles. The molecule has 0 amide bonds. The van der Waals surface area contributed by atoms with Crippen molar-refractivity contribution < 1.29 is 14.3 Å². The number of ether oxygens (including phenoxy) is 1. The molecule has 32 heavy (non-hydrogen) atoms. The van der Waals surface area contributed by atoms with E-state index in [4.69, 9.17) is 9.16 Å².